The lowest BCUT2D eigenvalue weighted by molar-refractivity contribution is 0.476. The molecule has 4 heteroatoms. The highest BCUT2D eigenvalue weighted by Crippen LogP contribution is 2.32. The number of phenols is 1. The molecule has 0 fully saturated rings. The molecule has 0 aliphatic carbocycles. The van der Waals surface area contributed by atoms with Crippen LogP contribution in [0.15, 0.2) is 18.2 Å². The fourth-order valence-corrected chi connectivity index (χ4v) is 2.33. The lowest BCUT2D eigenvalue weighted by Gasteiger charge is -1.93. The molecule has 0 aliphatic heterocycles. The van der Waals surface area contributed by atoms with Gasteiger partial charge in [-0.25, -0.2) is 0 Å². The van der Waals surface area contributed by atoms with E-state index in [4.69, 9.17) is 5.26 Å². The predicted molar refractivity (Wildman–Crippen MR) is 52.8 cm³/mol. The van der Waals surface area contributed by atoms with E-state index in [9.17, 15) is 9.50 Å². The Morgan fingerprint density at radius 3 is 3.00 bits per heavy atom. The Morgan fingerprint density at radius 2 is 2.29 bits per heavy atom. The molecule has 2 rings (SSSR count). The minimum Gasteiger partial charge on any atom is -0.508 e. The smallest absolute Gasteiger partial charge is 0.181 e. The topological polar surface area (TPSA) is 44.0 Å². The van der Waals surface area contributed by atoms with Gasteiger partial charge >= 0.3 is 0 Å². The van der Waals surface area contributed by atoms with E-state index >= 15 is 0 Å². The maximum atomic E-state index is 13.3. The van der Waals surface area contributed by atoms with Crippen LogP contribution in [-0.4, -0.2) is 5.11 Å². The lowest BCUT2D eigenvalue weighted by atomic mass is 10.1. The molecule has 0 radical (unpaired) electrons. The molecular formula is C10H6FNOS. The highest BCUT2D eigenvalue weighted by Gasteiger charge is 2.11. The van der Waals surface area contributed by atoms with E-state index in [-0.39, 0.29) is 17.3 Å². The van der Waals surface area contributed by atoms with Crippen LogP contribution in [0.25, 0.3) is 10.1 Å². The predicted octanol–water partition coefficient (Wildman–Crippen LogP) is 2.81. The molecule has 0 unspecified atom stereocenters. The maximum Gasteiger partial charge on any atom is 0.181 e. The first-order chi connectivity index (χ1) is 6.72. The number of hydrogen-bond donors (Lipinski definition) is 1. The van der Waals surface area contributed by atoms with Crippen molar-refractivity contribution in [3.8, 4) is 11.8 Å². The van der Waals surface area contributed by atoms with Gasteiger partial charge in [0.15, 0.2) is 5.13 Å². The average Bonchev–Trinajstić information content (AvgIpc) is 2.43. The van der Waals surface area contributed by atoms with Crippen LogP contribution in [0.1, 0.15) is 5.56 Å². The third-order valence-electron chi connectivity index (χ3n) is 1.98. The van der Waals surface area contributed by atoms with E-state index in [1.54, 1.807) is 6.07 Å². The monoisotopic (exact) mass is 207 g/mol. The van der Waals surface area contributed by atoms with Gasteiger partial charge in [0.2, 0.25) is 0 Å². The summed E-state index contributed by atoms with van der Waals surface area (Å²) in [7, 11) is 0. The number of phenolic OH excluding ortho intramolecular Hbond substituents is 1. The van der Waals surface area contributed by atoms with E-state index in [0.717, 1.165) is 11.3 Å². The molecule has 70 valence electrons. The first kappa shape index (κ1) is 8.97. The van der Waals surface area contributed by atoms with Gasteiger partial charge in [0, 0.05) is 15.6 Å². The van der Waals surface area contributed by atoms with Crippen molar-refractivity contribution in [2.45, 2.75) is 6.42 Å². The molecule has 0 saturated heterocycles. The number of benzene rings is 1. The Balaban J connectivity index is 2.72. The number of nitriles is 1. The third-order valence-corrected chi connectivity index (χ3v) is 2.97. The number of nitrogens with zero attached hydrogens (tertiary/aromatic N) is 1. The Morgan fingerprint density at radius 1 is 1.50 bits per heavy atom. The summed E-state index contributed by atoms with van der Waals surface area (Å²) in [6, 6.07) is 6.56. The Bertz CT molecular complexity index is 527. The van der Waals surface area contributed by atoms with Crippen molar-refractivity contribution >= 4 is 21.4 Å². The Kier molecular flexibility index (Phi) is 2.10. The van der Waals surface area contributed by atoms with Crippen molar-refractivity contribution in [1.29, 1.82) is 5.26 Å². The standard InChI is InChI=1S/C10H6FNOS/c11-10-8(3-4-12)7-2-1-6(13)5-9(7)14-10/h1-2,5,13H,3H2. The highest BCUT2D eigenvalue weighted by atomic mass is 32.1. The van der Waals surface area contributed by atoms with E-state index in [1.165, 1.54) is 12.1 Å². The van der Waals surface area contributed by atoms with E-state index < -0.39 is 0 Å². The summed E-state index contributed by atoms with van der Waals surface area (Å²) in [5, 5.41) is 18.1. The number of aromatic hydroxyl groups is 1. The third kappa shape index (κ3) is 1.32. The van der Waals surface area contributed by atoms with Crippen LogP contribution in [0.4, 0.5) is 4.39 Å². The van der Waals surface area contributed by atoms with Crippen LogP contribution in [0.5, 0.6) is 5.75 Å². The van der Waals surface area contributed by atoms with E-state index in [1.807, 2.05) is 6.07 Å². The number of halogens is 1. The second-order valence-electron chi connectivity index (χ2n) is 2.87. The highest BCUT2D eigenvalue weighted by molar-refractivity contribution is 7.17. The molecule has 14 heavy (non-hydrogen) atoms. The van der Waals surface area contributed by atoms with Gasteiger partial charge in [-0.3, -0.25) is 0 Å². The van der Waals surface area contributed by atoms with Crippen molar-refractivity contribution in [2.75, 3.05) is 0 Å². The normalized spacial score (nSPS) is 10.3. The summed E-state index contributed by atoms with van der Waals surface area (Å²) >= 11 is 0.955. The van der Waals surface area contributed by atoms with Gasteiger partial charge in [-0.1, -0.05) is 0 Å². The minimum atomic E-state index is -0.341. The van der Waals surface area contributed by atoms with Gasteiger partial charge < -0.3 is 5.11 Å². The molecule has 0 aliphatic rings. The van der Waals surface area contributed by atoms with Crippen molar-refractivity contribution in [3.63, 3.8) is 0 Å². The van der Waals surface area contributed by atoms with Gasteiger partial charge in [-0.05, 0) is 18.2 Å². The lowest BCUT2D eigenvalue weighted by Crippen LogP contribution is -1.81. The molecule has 0 amide bonds. The maximum absolute atomic E-state index is 13.3. The quantitative estimate of drug-likeness (QED) is 0.781. The molecule has 0 bridgehead atoms. The van der Waals surface area contributed by atoms with Crippen LogP contribution in [0, 0.1) is 16.5 Å². The Hall–Kier alpha value is -1.60. The second-order valence-corrected chi connectivity index (χ2v) is 3.87. The molecule has 1 aromatic heterocycles. The van der Waals surface area contributed by atoms with Crippen molar-refractivity contribution in [1.82, 2.24) is 0 Å². The molecule has 2 nitrogen and oxygen atoms in total. The SMILES string of the molecule is N#CCc1c(F)sc2cc(O)ccc12. The summed E-state index contributed by atoms with van der Waals surface area (Å²) in [5.41, 5.74) is 0.424. The molecular weight excluding hydrogens is 201 g/mol. The zero-order valence-corrected chi connectivity index (χ0v) is 7.94. The molecule has 0 spiro atoms. The number of rotatable bonds is 1. The van der Waals surface area contributed by atoms with Crippen LogP contribution in [0.3, 0.4) is 0 Å². The summed E-state index contributed by atoms with van der Waals surface area (Å²) in [6.45, 7) is 0. The molecule has 1 N–H and O–H groups in total. The second kappa shape index (κ2) is 3.28. The summed E-state index contributed by atoms with van der Waals surface area (Å²) in [4.78, 5) is 0. The molecule has 0 saturated carbocycles. The van der Waals surface area contributed by atoms with Gasteiger partial charge in [-0.2, -0.15) is 9.65 Å². The van der Waals surface area contributed by atoms with Gasteiger partial charge in [0.05, 0.1) is 12.5 Å². The number of thiophene rings is 1. The van der Waals surface area contributed by atoms with Crippen LogP contribution in [-0.2, 0) is 6.42 Å². The average molecular weight is 207 g/mol. The summed E-state index contributed by atoms with van der Waals surface area (Å²) < 4.78 is 14.0. The van der Waals surface area contributed by atoms with E-state index in [2.05, 4.69) is 0 Å². The molecule has 0 atom stereocenters. The Labute approximate surface area is 83.8 Å². The first-order valence-electron chi connectivity index (χ1n) is 3.99. The van der Waals surface area contributed by atoms with Crippen LogP contribution >= 0.6 is 11.3 Å². The summed E-state index contributed by atoms with van der Waals surface area (Å²) in [6.07, 6.45) is 0.0661. The van der Waals surface area contributed by atoms with Gasteiger partial charge in [0.1, 0.15) is 5.75 Å². The zero-order valence-electron chi connectivity index (χ0n) is 7.12. The number of hydrogen-bond acceptors (Lipinski definition) is 3. The van der Waals surface area contributed by atoms with Crippen molar-refractivity contribution < 1.29 is 9.50 Å². The zero-order chi connectivity index (χ0) is 10.1. The van der Waals surface area contributed by atoms with Gasteiger partial charge in [-0.15, -0.1) is 11.3 Å². The van der Waals surface area contributed by atoms with Crippen LogP contribution < -0.4 is 0 Å². The van der Waals surface area contributed by atoms with Crippen molar-refractivity contribution in [3.05, 3.63) is 28.9 Å². The fraction of sp³-hybridized carbons (Fsp3) is 0.100. The molecule has 1 aromatic carbocycles. The first-order valence-corrected chi connectivity index (χ1v) is 4.81. The number of fused-ring (bicyclic) bond motifs is 1. The molecule has 1 heterocycles. The minimum absolute atomic E-state index is 0.0661. The summed E-state index contributed by atoms with van der Waals surface area (Å²) in [5.74, 6) is 0.113. The van der Waals surface area contributed by atoms with Crippen molar-refractivity contribution in [2.24, 2.45) is 0 Å². The molecule has 2 aromatic rings. The fourth-order valence-electron chi connectivity index (χ4n) is 1.35. The van der Waals surface area contributed by atoms with E-state index in [0.29, 0.717) is 15.6 Å². The van der Waals surface area contributed by atoms with Crippen LogP contribution in [0.2, 0.25) is 0 Å². The largest absolute Gasteiger partial charge is 0.508 e. The van der Waals surface area contributed by atoms with Gasteiger partial charge in [0.25, 0.3) is 0 Å².